The van der Waals surface area contributed by atoms with Crippen molar-refractivity contribution in [2.45, 2.75) is 39.5 Å². The summed E-state index contributed by atoms with van der Waals surface area (Å²) in [7, 11) is 0. The fourth-order valence-electron chi connectivity index (χ4n) is 2.94. The quantitative estimate of drug-likeness (QED) is 0.901. The number of amides is 2. The van der Waals surface area contributed by atoms with Gasteiger partial charge in [0.05, 0.1) is 5.71 Å². The molecule has 0 radical (unpaired) electrons. The summed E-state index contributed by atoms with van der Waals surface area (Å²) in [4.78, 5) is 23.5. The maximum absolute atomic E-state index is 12.2. The molecule has 2 aliphatic rings. The molecule has 1 aromatic rings. The Labute approximate surface area is 130 Å². The van der Waals surface area contributed by atoms with Gasteiger partial charge in [0.15, 0.2) is 0 Å². The molecule has 2 amide bonds. The second-order valence-electron chi connectivity index (χ2n) is 6.58. The van der Waals surface area contributed by atoms with Crippen molar-refractivity contribution in [2.24, 2.45) is 16.4 Å². The third-order valence-electron chi connectivity index (χ3n) is 4.70. The average Bonchev–Trinajstić information content (AvgIpc) is 2.46. The first-order valence-electron chi connectivity index (χ1n) is 7.76. The minimum atomic E-state index is -0.203. The summed E-state index contributed by atoms with van der Waals surface area (Å²) in [6.07, 6.45) is 3.51. The summed E-state index contributed by atoms with van der Waals surface area (Å²) in [5, 5.41) is 7.13. The minimum Gasteiger partial charge on any atom is -0.326 e. The predicted molar refractivity (Wildman–Crippen MR) is 85.5 cm³/mol. The first-order chi connectivity index (χ1) is 10.5. The van der Waals surface area contributed by atoms with Crippen molar-refractivity contribution in [1.82, 2.24) is 5.43 Å². The number of rotatable bonds is 3. The number of nitrogens with zero attached hydrogens (tertiary/aromatic N) is 1. The van der Waals surface area contributed by atoms with Crippen molar-refractivity contribution < 1.29 is 9.59 Å². The SMILES string of the molecule is CC1CC(=O)NN=C1c1ccc(NC(=O)C2(C)CCC2)cc1. The topological polar surface area (TPSA) is 70.6 Å². The summed E-state index contributed by atoms with van der Waals surface area (Å²) in [5.41, 5.74) is 4.97. The summed E-state index contributed by atoms with van der Waals surface area (Å²) in [6.45, 7) is 4.01. The van der Waals surface area contributed by atoms with Crippen LogP contribution in [0.2, 0.25) is 0 Å². The standard InChI is InChI=1S/C17H21N3O2/c1-11-10-14(21)19-20-15(11)12-4-6-13(7-5-12)18-16(22)17(2)8-3-9-17/h4-7,11H,3,8-10H2,1-2H3,(H,18,22)(H,19,21). The molecular weight excluding hydrogens is 278 g/mol. The molecule has 1 atom stereocenters. The number of hydrazone groups is 1. The number of carbonyl (C=O) groups is 2. The predicted octanol–water partition coefficient (Wildman–Crippen LogP) is 2.68. The zero-order valence-electron chi connectivity index (χ0n) is 13.0. The number of hydrogen-bond acceptors (Lipinski definition) is 3. The number of benzene rings is 1. The van der Waals surface area contributed by atoms with Crippen LogP contribution in [-0.4, -0.2) is 17.5 Å². The van der Waals surface area contributed by atoms with E-state index in [1.165, 1.54) is 0 Å². The van der Waals surface area contributed by atoms with Gasteiger partial charge < -0.3 is 5.32 Å². The van der Waals surface area contributed by atoms with Crippen molar-refractivity contribution in [3.63, 3.8) is 0 Å². The highest BCUT2D eigenvalue weighted by Gasteiger charge is 2.39. The Morgan fingerprint density at radius 3 is 2.55 bits per heavy atom. The van der Waals surface area contributed by atoms with Gasteiger partial charge in [0, 0.05) is 23.4 Å². The Hall–Kier alpha value is -2.17. The molecule has 116 valence electrons. The molecule has 0 saturated heterocycles. The van der Waals surface area contributed by atoms with E-state index >= 15 is 0 Å². The number of anilines is 1. The lowest BCUT2D eigenvalue weighted by atomic mass is 9.70. The van der Waals surface area contributed by atoms with Crippen molar-refractivity contribution in [3.05, 3.63) is 29.8 Å². The van der Waals surface area contributed by atoms with Crippen LogP contribution in [0.15, 0.2) is 29.4 Å². The highest BCUT2D eigenvalue weighted by molar-refractivity contribution is 6.06. The molecular formula is C17H21N3O2. The van der Waals surface area contributed by atoms with E-state index in [1.807, 2.05) is 38.1 Å². The van der Waals surface area contributed by atoms with Crippen LogP contribution >= 0.6 is 0 Å². The molecule has 1 unspecified atom stereocenters. The van der Waals surface area contributed by atoms with Crippen LogP contribution in [0.1, 0.15) is 45.1 Å². The van der Waals surface area contributed by atoms with Gasteiger partial charge in [-0.1, -0.05) is 32.4 Å². The van der Waals surface area contributed by atoms with Gasteiger partial charge in [0.2, 0.25) is 11.8 Å². The lowest BCUT2D eigenvalue weighted by Crippen LogP contribution is -2.39. The van der Waals surface area contributed by atoms with E-state index in [0.717, 1.165) is 36.2 Å². The van der Waals surface area contributed by atoms with Gasteiger partial charge in [-0.3, -0.25) is 9.59 Å². The van der Waals surface area contributed by atoms with Crippen LogP contribution < -0.4 is 10.7 Å². The van der Waals surface area contributed by atoms with Crippen molar-refractivity contribution >= 4 is 23.2 Å². The van der Waals surface area contributed by atoms with Gasteiger partial charge in [-0.25, -0.2) is 5.43 Å². The summed E-state index contributed by atoms with van der Waals surface area (Å²) >= 11 is 0. The fraction of sp³-hybridized carbons (Fsp3) is 0.471. The number of nitrogens with one attached hydrogen (secondary N) is 2. The zero-order chi connectivity index (χ0) is 15.7. The van der Waals surface area contributed by atoms with E-state index in [9.17, 15) is 9.59 Å². The van der Waals surface area contributed by atoms with E-state index in [-0.39, 0.29) is 23.1 Å². The fourth-order valence-corrected chi connectivity index (χ4v) is 2.94. The molecule has 5 nitrogen and oxygen atoms in total. The van der Waals surface area contributed by atoms with Gasteiger partial charge >= 0.3 is 0 Å². The van der Waals surface area contributed by atoms with Crippen LogP contribution in [-0.2, 0) is 9.59 Å². The van der Waals surface area contributed by atoms with Crippen LogP contribution in [0.4, 0.5) is 5.69 Å². The molecule has 5 heteroatoms. The van der Waals surface area contributed by atoms with E-state index in [4.69, 9.17) is 0 Å². The molecule has 22 heavy (non-hydrogen) atoms. The van der Waals surface area contributed by atoms with Crippen molar-refractivity contribution in [3.8, 4) is 0 Å². The molecule has 1 aliphatic heterocycles. The Balaban J connectivity index is 1.70. The minimum absolute atomic E-state index is 0.0473. The molecule has 1 fully saturated rings. The smallest absolute Gasteiger partial charge is 0.240 e. The monoisotopic (exact) mass is 299 g/mol. The highest BCUT2D eigenvalue weighted by Crippen LogP contribution is 2.41. The molecule has 0 spiro atoms. The van der Waals surface area contributed by atoms with Crippen LogP contribution in [0, 0.1) is 11.3 Å². The Bertz CT molecular complexity index is 630. The van der Waals surface area contributed by atoms with Gasteiger partial charge in [-0.05, 0) is 30.5 Å². The summed E-state index contributed by atoms with van der Waals surface area (Å²) in [6, 6.07) is 7.65. The molecule has 3 rings (SSSR count). The summed E-state index contributed by atoms with van der Waals surface area (Å²) < 4.78 is 0. The third kappa shape index (κ3) is 2.75. The van der Waals surface area contributed by atoms with E-state index < -0.39 is 0 Å². The Morgan fingerprint density at radius 1 is 1.32 bits per heavy atom. The highest BCUT2D eigenvalue weighted by atomic mass is 16.2. The Kier molecular flexibility index (Phi) is 3.72. The molecule has 0 bridgehead atoms. The van der Waals surface area contributed by atoms with E-state index in [0.29, 0.717) is 6.42 Å². The molecule has 1 aromatic carbocycles. The maximum Gasteiger partial charge on any atom is 0.240 e. The third-order valence-corrected chi connectivity index (χ3v) is 4.70. The van der Waals surface area contributed by atoms with Crippen LogP contribution in [0.3, 0.4) is 0 Å². The van der Waals surface area contributed by atoms with Crippen LogP contribution in [0.25, 0.3) is 0 Å². The van der Waals surface area contributed by atoms with E-state index in [1.54, 1.807) is 0 Å². The van der Waals surface area contributed by atoms with Crippen LogP contribution in [0.5, 0.6) is 0 Å². The van der Waals surface area contributed by atoms with Gasteiger partial charge in [0.1, 0.15) is 0 Å². The van der Waals surface area contributed by atoms with Crippen molar-refractivity contribution in [1.29, 1.82) is 0 Å². The molecule has 0 aromatic heterocycles. The van der Waals surface area contributed by atoms with Gasteiger partial charge in [-0.15, -0.1) is 0 Å². The molecule has 1 saturated carbocycles. The molecule has 1 heterocycles. The lowest BCUT2D eigenvalue weighted by molar-refractivity contribution is -0.128. The first kappa shape index (κ1) is 14.8. The van der Waals surface area contributed by atoms with E-state index in [2.05, 4.69) is 15.8 Å². The normalized spacial score (nSPS) is 23.1. The Morgan fingerprint density at radius 2 is 2.00 bits per heavy atom. The maximum atomic E-state index is 12.2. The second-order valence-corrected chi connectivity index (χ2v) is 6.58. The first-order valence-corrected chi connectivity index (χ1v) is 7.76. The number of carbonyl (C=O) groups excluding carboxylic acids is 2. The second kappa shape index (κ2) is 5.55. The largest absolute Gasteiger partial charge is 0.326 e. The summed E-state index contributed by atoms with van der Waals surface area (Å²) in [5.74, 6) is 0.152. The zero-order valence-corrected chi connectivity index (χ0v) is 13.0. The van der Waals surface area contributed by atoms with Gasteiger partial charge in [-0.2, -0.15) is 5.10 Å². The molecule has 1 aliphatic carbocycles. The average molecular weight is 299 g/mol. The molecule has 2 N–H and O–H groups in total. The number of hydrogen-bond donors (Lipinski definition) is 2. The van der Waals surface area contributed by atoms with Crippen molar-refractivity contribution in [2.75, 3.05) is 5.32 Å². The van der Waals surface area contributed by atoms with Gasteiger partial charge in [0.25, 0.3) is 0 Å². The lowest BCUT2D eigenvalue weighted by Gasteiger charge is -2.36.